The molecule has 1 heterocycles. The van der Waals surface area contributed by atoms with E-state index in [0.29, 0.717) is 24.9 Å². The van der Waals surface area contributed by atoms with E-state index in [2.05, 4.69) is 41.8 Å². The van der Waals surface area contributed by atoms with Gasteiger partial charge in [0.15, 0.2) is 0 Å². The van der Waals surface area contributed by atoms with Crippen LogP contribution in [0.15, 0.2) is 34.9 Å². The van der Waals surface area contributed by atoms with Crippen LogP contribution < -0.4 is 20.7 Å². The molecule has 1 amide bonds. The zero-order valence-electron chi connectivity index (χ0n) is 16.0. The Balaban J connectivity index is 1.45. The highest BCUT2D eigenvalue weighted by Crippen LogP contribution is 2.25. The fourth-order valence-electron chi connectivity index (χ4n) is 3.19. The number of methoxy groups -OCH3 is 1. The highest BCUT2D eigenvalue weighted by Gasteiger charge is 2.21. The molecule has 0 spiro atoms. The van der Waals surface area contributed by atoms with Gasteiger partial charge in [-0.1, -0.05) is 12.8 Å². The Morgan fingerprint density at radius 2 is 1.96 bits per heavy atom. The lowest BCUT2D eigenvalue weighted by Gasteiger charge is -2.12. The van der Waals surface area contributed by atoms with Gasteiger partial charge in [-0.3, -0.25) is 4.79 Å². The molecular formula is C20H26BrN5O2. The second kappa shape index (κ2) is 10.3. The van der Waals surface area contributed by atoms with Gasteiger partial charge >= 0.3 is 0 Å². The van der Waals surface area contributed by atoms with Gasteiger partial charge in [-0.05, 0) is 59.5 Å². The van der Waals surface area contributed by atoms with Crippen LogP contribution in [0.5, 0.6) is 5.75 Å². The number of hydrogen-bond donors (Lipinski definition) is 3. The Bertz CT molecular complexity index is 779. The maximum absolute atomic E-state index is 12.0. The Kier molecular flexibility index (Phi) is 7.47. The third-order valence-corrected chi connectivity index (χ3v) is 5.34. The lowest BCUT2D eigenvalue weighted by atomic mass is 10.1. The van der Waals surface area contributed by atoms with E-state index in [9.17, 15) is 4.79 Å². The summed E-state index contributed by atoms with van der Waals surface area (Å²) in [6, 6.07) is 7.56. The van der Waals surface area contributed by atoms with Gasteiger partial charge in [0.25, 0.3) is 0 Å². The molecule has 0 atom stereocenters. The minimum Gasteiger partial charge on any atom is -0.497 e. The lowest BCUT2D eigenvalue weighted by molar-refractivity contribution is -0.124. The molecule has 7 nitrogen and oxygen atoms in total. The third-order valence-electron chi connectivity index (χ3n) is 4.76. The molecule has 1 fully saturated rings. The van der Waals surface area contributed by atoms with E-state index >= 15 is 0 Å². The lowest BCUT2D eigenvalue weighted by Crippen LogP contribution is -2.30. The van der Waals surface area contributed by atoms with E-state index in [0.717, 1.165) is 35.2 Å². The van der Waals surface area contributed by atoms with Crippen molar-refractivity contribution in [1.29, 1.82) is 0 Å². The van der Waals surface area contributed by atoms with Crippen LogP contribution in [0.2, 0.25) is 0 Å². The van der Waals surface area contributed by atoms with Crippen molar-refractivity contribution in [2.75, 3.05) is 30.8 Å². The Labute approximate surface area is 173 Å². The van der Waals surface area contributed by atoms with E-state index < -0.39 is 0 Å². The van der Waals surface area contributed by atoms with Crippen LogP contribution in [0.3, 0.4) is 0 Å². The normalized spacial score (nSPS) is 13.9. The van der Waals surface area contributed by atoms with Gasteiger partial charge in [0, 0.05) is 30.9 Å². The van der Waals surface area contributed by atoms with Gasteiger partial charge in [0.2, 0.25) is 11.9 Å². The molecule has 28 heavy (non-hydrogen) atoms. The standard InChI is InChI=1S/C20H26BrN5O2/c1-28-16-9-7-15(8-10-16)25-20-24-13-17(21)18(26-20)22-11-4-12-23-19(27)14-5-2-3-6-14/h7-10,13-14H,2-6,11-12H2,1H3,(H,23,27)(H2,22,24,25,26). The number of nitrogens with one attached hydrogen (secondary N) is 3. The predicted molar refractivity (Wildman–Crippen MR) is 114 cm³/mol. The van der Waals surface area contributed by atoms with Gasteiger partial charge in [-0.25, -0.2) is 4.98 Å². The molecule has 1 aromatic heterocycles. The SMILES string of the molecule is COc1ccc(Nc2ncc(Br)c(NCCCNC(=O)C3CCCC3)n2)cc1. The van der Waals surface area contributed by atoms with Gasteiger partial charge in [-0.2, -0.15) is 4.98 Å². The zero-order valence-corrected chi connectivity index (χ0v) is 17.6. The Morgan fingerprint density at radius 3 is 2.68 bits per heavy atom. The highest BCUT2D eigenvalue weighted by atomic mass is 79.9. The number of anilines is 3. The Morgan fingerprint density at radius 1 is 1.21 bits per heavy atom. The first-order valence-corrected chi connectivity index (χ1v) is 10.4. The number of amides is 1. The molecule has 0 aliphatic heterocycles. The molecule has 1 aromatic carbocycles. The van der Waals surface area contributed by atoms with Gasteiger partial charge in [0.05, 0.1) is 11.6 Å². The molecule has 0 unspecified atom stereocenters. The van der Waals surface area contributed by atoms with Crippen LogP contribution in [0.4, 0.5) is 17.5 Å². The molecule has 1 aliphatic carbocycles. The van der Waals surface area contributed by atoms with Crippen molar-refractivity contribution in [1.82, 2.24) is 15.3 Å². The molecule has 3 N–H and O–H groups in total. The fourth-order valence-corrected chi connectivity index (χ4v) is 3.53. The molecule has 0 bridgehead atoms. The average molecular weight is 448 g/mol. The number of carbonyl (C=O) groups is 1. The van der Waals surface area contributed by atoms with Gasteiger partial charge < -0.3 is 20.7 Å². The molecule has 1 saturated carbocycles. The van der Waals surface area contributed by atoms with Gasteiger partial charge in [-0.15, -0.1) is 0 Å². The summed E-state index contributed by atoms with van der Waals surface area (Å²) >= 11 is 3.47. The first kappa shape index (κ1) is 20.4. The summed E-state index contributed by atoms with van der Waals surface area (Å²) in [5, 5.41) is 9.50. The Hall–Kier alpha value is -2.35. The number of aromatic nitrogens is 2. The fraction of sp³-hybridized carbons (Fsp3) is 0.450. The number of nitrogens with zero attached hydrogens (tertiary/aromatic N) is 2. The quantitative estimate of drug-likeness (QED) is 0.501. The summed E-state index contributed by atoms with van der Waals surface area (Å²) < 4.78 is 5.95. The number of benzene rings is 1. The average Bonchev–Trinajstić information content (AvgIpc) is 3.25. The molecule has 2 aromatic rings. The number of ether oxygens (including phenoxy) is 1. The summed E-state index contributed by atoms with van der Waals surface area (Å²) in [5.74, 6) is 2.44. The van der Waals surface area contributed by atoms with Crippen molar-refractivity contribution >= 4 is 39.3 Å². The second-order valence-electron chi connectivity index (χ2n) is 6.80. The summed E-state index contributed by atoms with van der Waals surface area (Å²) in [6.07, 6.45) is 6.95. The molecule has 8 heteroatoms. The molecule has 0 radical (unpaired) electrons. The van der Waals surface area contributed by atoms with Gasteiger partial charge in [0.1, 0.15) is 11.6 Å². The molecule has 0 saturated heterocycles. The first-order chi connectivity index (χ1) is 13.7. The van der Waals surface area contributed by atoms with Crippen molar-refractivity contribution in [2.24, 2.45) is 5.92 Å². The van der Waals surface area contributed by atoms with Crippen LogP contribution in [-0.4, -0.2) is 36.1 Å². The van der Waals surface area contributed by atoms with Crippen molar-refractivity contribution in [3.63, 3.8) is 0 Å². The number of rotatable bonds is 9. The van der Waals surface area contributed by atoms with Crippen molar-refractivity contribution in [3.05, 3.63) is 34.9 Å². The van der Waals surface area contributed by atoms with Crippen molar-refractivity contribution < 1.29 is 9.53 Å². The monoisotopic (exact) mass is 447 g/mol. The molecular weight excluding hydrogens is 422 g/mol. The first-order valence-electron chi connectivity index (χ1n) is 9.61. The summed E-state index contributed by atoms with van der Waals surface area (Å²) in [7, 11) is 1.64. The van der Waals surface area contributed by atoms with E-state index in [1.54, 1.807) is 13.3 Å². The smallest absolute Gasteiger partial charge is 0.229 e. The zero-order chi connectivity index (χ0) is 19.8. The van der Waals surface area contributed by atoms with Crippen molar-refractivity contribution in [2.45, 2.75) is 32.1 Å². The van der Waals surface area contributed by atoms with Crippen LogP contribution in [-0.2, 0) is 4.79 Å². The van der Waals surface area contributed by atoms with Crippen LogP contribution in [0.25, 0.3) is 0 Å². The van der Waals surface area contributed by atoms with E-state index in [4.69, 9.17) is 4.74 Å². The molecule has 150 valence electrons. The number of carbonyl (C=O) groups excluding carboxylic acids is 1. The van der Waals surface area contributed by atoms with Crippen LogP contribution in [0, 0.1) is 5.92 Å². The van der Waals surface area contributed by atoms with Crippen molar-refractivity contribution in [3.8, 4) is 5.75 Å². The van der Waals surface area contributed by atoms with Crippen LogP contribution >= 0.6 is 15.9 Å². The maximum atomic E-state index is 12.0. The van der Waals surface area contributed by atoms with E-state index in [-0.39, 0.29) is 11.8 Å². The summed E-state index contributed by atoms with van der Waals surface area (Å²) in [5.41, 5.74) is 0.878. The molecule has 1 aliphatic rings. The highest BCUT2D eigenvalue weighted by molar-refractivity contribution is 9.10. The summed E-state index contributed by atoms with van der Waals surface area (Å²) in [6.45, 7) is 1.38. The minimum absolute atomic E-state index is 0.201. The van der Waals surface area contributed by atoms with E-state index in [1.165, 1.54) is 12.8 Å². The maximum Gasteiger partial charge on any atom is 0.229 e. The summed E-state index contributed by atoms with van der Waals surface area (Å²) in [4.78, 5) is 20.8. The topological polar surface area (TPSA) is 88.2 Å². The largest absolute Gasteiger partial charge is 0.497 e. The van der Waals surface area contributed by atoms with Crippen LogP contribution in [0.1, 0.15) is 32.1 Å². The predicted octanol–water partition coefficient (Wildman–Crippen LogP) is 4.10. The minimum atomic E-state index is 0.201. The number of hydrogen-bond acceptors (Lipinski definition) is 6. The number of halogens is 1. The second-order valence-corrected chi connectivity index (χ2v) is 7.65. The molecule has 3 rings (SSSR count). The van der Waals surface area contributed by atoms with E-state index in [1.807, 2.05) is 24.3 Å². The third kappa shape index (κ3) is 5.82.